The number of rotatable bonds is 12. The smallest absolute Gasteiger partial charge is 0.182 e. The Hall–Kier alpha value is -3.60. The Bertz CT molecular complexity index is 1250. The lowest BCUT2D eigenvalue weighted by Gasteiger charge is -2.19. The zero-order valence-corrected chi connectivity index (χ0v) is 21.8. The van der Waals surface area contributed by atoms with Gasteiger partial charge in [0.15, 0.2) is 12.2 Å². The van der Waals surface area contributed by atoms with Gasteiger partial charge in [-0.05, 0) is 48.1 Å². The molecule has 2 heterocycles. The third-order valence-electron chi connectivity index (χ3n) is 6.19. The van der Waals surface area contributed by atoms with Gasteiger partial charge >= 0.3 is 0 Å². The minimum atomic E-state index is 0.286. The molecule has 5 heteroatoms. The zero-order valence-electron chi connectivity index (χ0n) is 21.8. The quantitative estimate of drug-likeness (QED) is 0.189. The molecule has 0 aliphatic carbocycles. The van der Waals surface area contributed by atoms with E-state index >= 15 is 0 Å². The summed E-state index contributed by atoms with van der Waals surface area (Å²) >= 11 is 0. The van der Waals surface area contributed by atoms with Crippen molar-refractivity contribution in [3.8, 4) is 45.2 Å². The van der Waals surface area contributed by atoms with E-state index in [2.05, 4.69) is 61.9 Å². The fraction of sp³-hybridized carbons (Fsp3) is 0.355. The van der Waals surface area contributed by atoms with E-state index in [1.54, 1.807) is 6.20 Å². The van der Waals surface area contributed by atoms with Gasteiger partial charge in [0, 0.05) is 35.2 Å². The predicted octanol–water partition coefficient (Wildman–Crippen LogP) is 8.55. The summed E-state index contributed by atoms with van der Waals surface area (Å²) < 4.78 is 18.5. The Balaban J connectivity index is 1.79. The van der Waals surface area contributed by atoms with Gasteiger partial charge in [0.1, 0.15) is 17.2 Å². The van der Waals surface area contributed by atoms with E-state index in [-0.39, 0.29) is 5.92 Å². The van der Waals surface area contributed by atoms with E-state index in [4.69, 9.17) is 13.9 Å². The van der Waals surface area contributed by atoms with E-state index in [9.17, 15) is 0 Å². The van der Waals surface area contributed by atoms with Gasteiger partial charge in [0.05, 0.1) is 13.2 Å². The van der Waals surface area contributed by atoms with E-state index in [0.717, 1.165) is 76.5 Å². The Morgan fingerprint density at radius 1 is 0.833 bits per heavy atom. The molecule has 2 aromatic heterocycles. The molecule has 0 saturated heterocycles. The van der Waals surface area contributed by atoms with Gasteiger partial charge in [-0.3, -0.25) is 4.98 Å². The molecule has 4 aromatic rings. The number of hydrogen-bond acceptors (Lipinski definition) is 5. The summed E-state index contributed by atoms with van der Waals surface area (Å²) in [6.07, 6.45) is 9.32. The van der Waals surface area contributed by atoms with Crippen LogP contribution in [0.15, 0.2) is 71.7 Å². The normalized spacial score (nSPS) is 11.1. The number of pyridine rings is 1. The fourth-order valence-electron chi connectivity index (χ4n) is 4.13. The average molecular weight is 485 g/mol. The van der Waals surface area contributed by atoms with Gasteiger partial charge in [-0.1, -0.05) is 64.8 Å². The van der Waals surface area contributed by atoms with Crippen molar-refractivity contribution in [2.24, 2.45) is 0 Å². The maximum absolute atomic E-state index is 6.30. The van der Waals surface area contributed by atoms with Crippen molar-refractivity contribution in [2.75, 3.05) is 13.2 Å². The molecule has 4 rings (SSSR count). The Kier molecular flexibility index (Phi) is 8.77. The second-order valence-electron chi connectivity index (χ2n) is 9.30. The molecule has 0 N–H and O–H groups in total. The number of unbranched alkanes of at least 4 members (excludes halogenated alkanes) is 2. The van der Waals surface area contributed by atoms with Crippen LogP contribution in [0, 0.1) is 0 Å². The molecule has 188 valence electrons. The summed E-state index contributed by atoms with van der Waals surface area (Å²) in [6, 6.07) is 16.5. The van der Waals surface area contributed by atoms with E-state index in [0.29, 0.717) is 13.2 Å². The lowest BCUT2D eigenvalue weighted by Crippen LogP contribution is -2.05. The first kappa shape index (κ1) is 25.5. The summed E-state index contributed by atoms with van der Waals surface area (Å²) in [5.41, 5.74) is 5.92. The van der Waals surface area contributed by atoms with Crippen LogP contribution < -0.4 is 9.47 Å². The van der Waals surface area contributed by atoms with Crippen LogP contribution in [0.5, 0.6) is 11.5 Å². The summed E-state index contributed by atoms with van der Waals surface area (Å²) in [5, 5.41) is 0. The van der Waals surface area contributed by atoms with Crippen LogP contribution in [0.4, 0.5) is 0 Å². The van der Waals surface area contributed by atoms with Crippen molar-refractivity contribution in [1.82, 2.24) is 9.97 Å². The standard InChI is InChI=1S/C31H36N2O3/c1-5-7-15-34-28-19-29(35-16-8-6-2)27(18-26(28)22(3)4)30-31(36-21-33-30)24-12-9-11-23(17-24)25-13-10-14-32-20-25/h9-14,17-22H,5-8,15-16H2,1-4H3. The van der Waals surface area contributed by atoms with Crippen LogP contribution in [0.1, 0.15) is 64.9 Å². The highest BCUT2D eigenvalue weighted by Gasteiger charge is 2.22. The minimum absolute atomic E-state index is 0.286. The highest BCUT2D eigenvalue weighted by molar-refractivity contribution is 5.83. The Labute approximate surface area is 214 Å². The largest absolute Gasteiger partial charge is 0.493 e. The van der Waals surface area contributed by atoms with Gasteiger partial charge in [-0.2, -0.15) is 0 Å². The summed E-state index contributed by atoms with van der Waals surface area (Å²) in [4.78, 5) is 8.92. The number of nitrogens with zero attached hydrogens (tertiary/aromatic N) is 2. The van der Waals surface area contributed by atoms with Gasteiger partial charge in [-0.15, -0.1) is 0 Å². The maximum Gasteiger partial charge on any atom is 0.182 e. The van der Waals surface area contributed by atoms with Gasteiger partial charge < -0.3 is 13.9 Å². The number of aromatic nitrogens is 2. The first-order valence-electron chi connectivity index (χ1n) is 13.0. The molecule has 36 heavy (non-hydrogen) atoms. The van der Waals surface area contributed by atoms with Crippen molar-refractivity contribution >= 4 is 0 Å². The van der Waals surface area contributed by atoms with Crippen LogP contribution in [-0.4, -0.2) is 23.2 Å². The van der Waals surface area contributed by atoms with Crippen LogP contribution in [0.2, 0.25) is 0 Å². The molecule has 0 radical (unpaired) electrons. The highest BCUT2D eigenvalue weighted by Crippen LogP contribution is 2.42. The molecule has 0 fully saturated rings. The molecular weight excluding hydrogens is 448 g/mol. The minimum Gasteiger partial charge on any atom is -0.493 e. The van der Waals surface area contributed by atoms with Crippen LogP contribution in [-0.2, 0) is 0 Å². The second kappa shape index (κ2) is 12.4. The maximum atomic E-state index is 6.30. The van der Waals surface area contributed by atoms with Crippen LogP contribution >= 0.6 is 0 Å². The molecule has 0 saturated carbocycles. The molecule has 0 bridgehead atoms. The number of ether oxygens (including phenoxy) is 2. The number of hydrogen-bond donors (Lipinski definition) is 0. The lowest BCUT2D eigenvalue weighted by molar-refractivity contribution is 0.292. The van der Waals surface area contributed by atoms with E-state index < -0.39 is 0 Å². The van der Waals surface area contributed by atoms with Crippen molar-refractivity contribution < 1.29 is 13.9 Å². The molecule has 0 atom stereocenters. The van der Waals surface area contributed by atoms with E-state index in [1.807, 2.05) is 30.5 Å². The van der Waals surface area contributed by atoms with Gasteiger partial charge in [-0.25, -0.2) is 4.98 Å². The third-order valence-corrected chi connectivity index (χ3v) is 6.19. The molecule has 2 aromatic carbocycles. The second-order valence-corrected chi connectivity index (χ2v) is 9.30. The Morgan fingerprint density at radius 3 is 2.25 bits per heavy atom. The topological polar surface area (TPSA) is 57.4 Å². The third kappa shape index (κ3) is 5.96. The van der Waals surface area contributed by atoms with Gasteiger partial charge in [0.25, 0.3) is 0 Å². The van der Waals surface area contributed by atoms with Crippen LogP contribution in [0.3, 0.4) is 0 Å². The summed E-state index contributed by atoms with van der Waals surface area (Å²) in [6.45, 7) is 10.0. The monoisotopic (exact) mass is 484 g/mol. The van der Waals surface area contributed by atoms with Crippen molar-refractivity contribution in [2.45, 2.75) is 59.3 Å². The molecule has 0 spiro atoms. The Morgan fingerprint density at radius 2 is 1.56 bits per heavy atom. The number of oxazole rings is 1. The SMILES string of the molecule is CCCCOc1cc(OCCCC)c(C(C)C)cc1-c1ncoc1-c1cccc(-c2cccnc2)c1. The molecule has 0 unspecified atom stereocenters. The van der Waals surface area contributed by atoms with Gasteiger partial charge in [0.2, 0.25) is 0 Å². The van der Waals surface area contributed by atoms with Crippen molar-refractivity contribution in [3.05, 3.63) is 72.9 Å². The van der Waals surface area contributed by atoms with Crippen molar-refractivity contribution in [3.63, 3.8) is 0 Å². The van der Waals surface area contributed by atoms with Crippen LogP contribution in [0.25, 0.3) is 33.7 Å². The molecule has 5 nitrogen and oxygen atoms in total. The number of benzene rings is 2. The predicted molar refractivity (Wildman–Crippen MR) is 146 cm³/mol. The molecule has 0 aliphatic rings. The molecule has 0 aliphatic heterocycles. The molecular formula is C31H36N2O3. The summed E-state index contributed by atoms with van der Waals surface area (Å²) in [7, 11) is 0. The first-order valence-corrected chi connectivity index (χ1v) is 13.0. The molecule has 0 amide bonds. The average Bonchev–Trinajstić information content (AvgIpc) is 3.39. The fourth-order valence-corrected chi connectivity index (χ4v) is 4.13. The zero-order chi connectivity index (χ0) is 25.3. The van der Waals surface area contributed by atoms with Crippen molar-refractivity contribution in [1.29, 1.82) is 0 Å². The van der Waals surface area contributed by atoms with E-state index in [1.165, 1.54) is 6.39 Å². The highest BCUT2D eigenvalue weighted by atomic mass is 16.5. The first-order chi connectivity index (χ1) is 17.6. The summed E-state index contributed by atoms with van der Waals surface area (Å²) in [5.74, 6) is 2.67. The lowest BCUT2D eigenvalue weighted by atomic mass is 9.95.